The number of halogens is 2. The van der Waals surface area contributed by atoms with E-state index in [1.54, 1.807) is 12.1 Å². The molecule has 4 nitrogen and oxygen atoms in total. The fraction of sp³-hybridized carbons (Fsp3) is 0.111. The van der Waals surface area contributed by atoms with Crippen LogP contribution in [0.2, 0.25) is 5.02 Å². The summed E-state index contributed by atoms with van der Waals surface area (Å²) in [4.78, 5) is 3.83. The van der Waals surface area contributed by atoms with Crippen LogP contribution in [0.4, 0.5) is 0 Å². The topological polar surface area (TPSA) is 48.2 Å². The summed E-state index contributed by atoms with van der Waals surface area (Å²) in [6.45, 7) is 0.229. The van der Waals surface area contributed by atoms with Crippen molar-refractivity contribution in [3.63, 3.8) is 0 Å². The fourth-order valence-corrected chi connectivity index (χ4v) is 1.50. The average molecular weight is 290 g/mol. The molecule has 2 aromatic rings. The first-order chi connectivity index (χ1) is 7.25. The van der Waals surface area contributed by atoms with E-state index in [1.165, 1.54) is 6.39 Å². The Balaban J connectivity index is 2.07. The van der Waals surface area contributed by atoms with E-state index in [4.69, 9.17) is 16.3 Å². The van der Waals surface area contributed by atoms with Gasteiger partial charge in [-0.05, 0) is 18.2 Å². The second kappa shape index (κ2) is 4.63. The molecule has 0 saturated carbocycles. The van der Waals surface area contributed by atoms with Crippen LogP contribution < -0.4 is 4.74 Å². The van der Waals surface area contributed by atoms with E-state index in [0.29, 0.717) is 16.6 Å². The fourth-order valence-electron chi connectivity index (χ4n) is 0.986. The van der Waals surface area contributed by atoms with Crippen LogP contribution in [0.1, 0.15) is 5.82 Å². The number of hydrogen-bond donors (Lipinski definition) is 0. The zero-order valence-electron chi connectivity index (χ0n) is 7.48. The highest BCUT2D eigenvalue weighted by molar-refractivity contribution is 9.10. The summed E-state index contributed by atoms with van der Waals surface area (Å²) < 4.78 is 10.9. The summed E-state index contributed by atoms with van der Waals surface area (Å²) in [6, 6.07) is 5.36. The van der Waals surface area contributed by atoms with Crippen molar-refractivity contribution in [2.75, 3.05) is 0 Å². The van der Waals surface area contributed by atoms with E-state index in [9.17, 15) is 0 Å². The first kappa shape index (κ1) is 10.4. The zero-order chi connectivity index (χ0) is 10.7. The Hall–Kier alpha value is -1.07. The van der Waals surface area contributed by atoms with Crippen molar-refractivity contribution in [3.8, 4) is 5.75 Å². The van der Waals surface area contributed by atoms with Crippen molar-refractivity contribution < 1.29 is 9.26 Å². The molecule has 1 aromatic heterocycles. The van der Waals surface area contributed by atoms with E-state index in [0.717, 1.165) is 4.47 Å². The van der Waals surface area contributed by atoms with Gasteiger partial charge in [-0.3, -0.25) is 0 Å². The van der Waals surface area contributed by atoms with Gasteiger partial charge in [-0.1, -0.05) is 32.7 Å². The van der Waals surface area contributed by atoms with E-state index in [1.807, 2.05) is 6.07 Å². The molecule has 0 atom stereocenters. The van der Waals surface area contributed by atoms with Gasteiger partial charge >= 0.3 is 0 Å². The molecule has 0 bridgehead atoms. The Morgan fingerprint density at radius 3 is 3.07 bits per heavy atom. The van der Waals surface area contributed by atoms with Crippen LogP contribution in [0.25, 0.3) is 0 Å². The van der Waals surface area contributed by atoms with Crippen molar-refractivity contribution in [2.24, 2.45) is 0 Å². The maximum atomic E-state index is 5.93. The molecule has 2 rings (SSSR count). The summed E-state index contributed by atoms with van der Waals surface area (Å²) in [7, 11) is 0. The van der Waals surface area contributed by atoms with Crippen molar-refractivity contribution in [3.05, 3.63) is 39.9 Å². The van der Waals surface area contributed by atoms with Gasteiger partial charge in [-0.15, -0.1) is 0 Å². The summed E-state index contributed by atoms with van der Waals surface area (Å²) in [5.41, 5.74) is 0. The molecule has 0 aliphatic carbocycles. The second-order valence-corrected chi connectivity index (χ2v) is 4.03. The van der Waals surface area contributed by atoms with Gasteiger partial charge in [0.05, 0.1) is 5.02 Å². The number of rotatable bonds is 3. The minimum Gasteiger partial charge on any atom is -0.484 e. The molecule has 0 N–H and O–H groups in total. The van der Waals surface area contributed by atoms with Crippen molar-refractivity contribution in [1.82, 2.24) is 10.1 Å². The number of benzene rings is 1. The monoisotopic (exact) mass is 288 g/mol. The molecule has 15 heavy (non-hydrogen) atoms. The highest BCUT2D eigenvalue weighted by Crippen LogP contribution is 2.28. The number of nitrogens with zero attached hydrogens (tertiary/aromatic N) is 2. The molecule has 6 heteroatoms. The number of aromatic nitrogens is 2. The lowest BCUT2D eigenvalue weighted by molar-refractivity contribution is 0.286. The molecular formula is C9H6BrClN2O2. The third-order valence-corrected chi connectivity index (χ3v) is 2.46. The number of hydrogen-bond acceptors (Lipinski definition) is 4. The summed E-state index contributed by atoms with van der Waals surface area (Å²) >= 11 is 9.25. The van der Waals surface area contributed by atoms with Gasteiger partial charge in [0.2, 0.25) is 12.2 Å². The zero-order valence-corrected chi connectivity index (χ0v) is 9.83. The quantitative estimate of drug-likeness (QED) is 0.871. The SMILES string of the molecule is Clc1ccc(Br)cc1OCc1ncon1. The molecule has 0 aliphatic rings. The van der Waals surface area contributed by atoms with Crippen molar-refractivity contribution in [1.29, 1.82) is 0 Å². The Kier molecular flexibility index (Phi) is 3.23. The third-order valence-electron chi connectivity index (χ3n) is 1.66. The Labute approximate surface area is 99.3 Å². The molecule has 0 unspecified atom stereocenters. The Morgan fingerprint density at radius 2 is 2.33 bits per heavy atom. The second-order valence-electron chi connectivity index (χ2n) is 2.71. The van der Waals surface area contributed by atoms with Crippen LogP contribution in [-0.4, -0.2) is 10.1 Å². The molecule has 0 radical (unpaired) electrons. The molecular weight excluding hydrogens is 283 g/mol. The lowest BCUT2D eigenvalue weighted by Gasteiger charge is -2.05. The van der Waals surface area contributed by atoms with Crippen molar-refractivity contribution in [2.45, 2.75) is 6.61 Å². The van der Waals surface area contributed by atoms with Gasteiger partial charge in [0.25, 0.3) is 0 Å². The van der Waals surface area contributed by atoms with Gasteiger partial charge in [-0.25, -0.2) is 0 Å². The molecule has 0 aliphatic heterocycles. The normalized spacial score (nSPS) is 10.3. The molecule has 0 spiro atoms. The Bertz CT molecular complexity index is 447. The average Bonchev–Trinajstić information content (AvgIpc) is 2.72. The van der Waals surface area contributed by atoms with E-state index < -0.39 is 0 Å². The first-order valence-electron chi connectivity index (χ1n) is 4.09. The van der Waals surface area contributed by atoms with Crippen LogP contribution >= 0.6 is 27.5 Å². The highest BCUT2D eigenvalue weighted by Gasteiger charge is 2.04. The van der Waals surface area contributed by atoms with Gasteiger partial charge < -0.3 is 9.26 Å². The molecule has 0 saturated heterocycles. The summed E-state index contributed by atoms with van der Waals surface area (Å²) in [5, 5.41) is 4.16. The largest absolute Gasteiger partial charge is 0.484 e. The Morgan fingerprint density at radius 1 is 1.47 bits per heavy atom. The first-order valence-corrected chi connectivity index (χ1v) is 5.26. The molecule has 0 amide bonds. The summed E-state index contributed by atoms with van der Waals surface area (Å²) in [6.07, 6.45) is 1.25. The number of ether oxygens (including phenoxy) is 1. The predicted molar refractivity (Wildman–Crippen MR) is 57.8 cm³/mol. The van der Waals surface area contributed by atoms with Crippen LogP contribution in [0.3, 0.4) is 0 Å². The third kappa shape index (κ3) is 2.70. The minimum absolute atomic E-state index is 0.229. The summed E-state index contributed by atoms with van der Waals surface area (Å²) in [5.74, 6) is 1.06. The van der Waals surface area contributed by atoms with Crippen LogP contribution in [-0.2, 0) is 6.61 Å². The van der Waals surface area contributed by atoms with Gasteiger partial charge in [-0.2, -0.15) is 4.98 Å². The molecule has 0 fully saturated rings. The minimum atomic E-state index is 0.229. The smallest absolute Gasteiger partial charge is 0.213 e. The maximum Gasteiger partial charge on any atom is 0.213 e. The van der Waals surface area contributed by atoms with E-state index >= 15 is 0 Å². The van der Waals surface area contributed by atoms with Crippen LogP contribution in [0.5, 0.6) is 5.75 Å². The molecule has 78 valence electrons. The van der Waals surface area contributed by atoms with Crippen LogP contribution in [0, 0.1) is 0 Å². The van der Waals surface area contributed by atoms with Gasteiger partial charge in [0.15, 0.2) is 6.61 Å². The predicted octanol–water partition coefficient (Wildman–Crippen LogP) is 3.06. The van der Waals surface area contributed by atoms with E-state index in [2.05, 4.69) is 30.6 Å². The van der Waals surface area contributed by atoms with Crippen LogP contribution in [0.15, 0.2) is 33.6 Å². The van der Waals surface area contributed by atoms with Gasteiger partial charge in [0, 0.05) is 4.47 Å². The van der Waals surface area contributed by atoms with E-state index in [-0.39, 0.29) is 6.61 Å². The standard InChI is InChI=1S/C9H6BrClN2O2/c10-6-1-2-7(11)8(3-6)14-4-9-12-5-15-13-9/h1-3,5H,4H2. The molecule has 1 heterocycles. The maximum absolute atomic E-state index is 5.93. The van der Waals surface area contributed by atoms with Gasteiger partial charge in [0.1, 0.15) is 5.75 Å². The molecule has 1 aromatic carbocycles. The lowest BCUT2D eigenvalue weighted by Crippen LogP contribution is -1.97. The highest BCUT2D eigenvalue weighted by atomic mass is 79.9. The lowest BCUT2D eigenvalue weighted by atomic mass is 10.3. The van der Waals surface area contributed by atoms with Crippen molar-refractivity contribution >= 4 is 27.5 Å².